The van der Waals surface area contributed by atoms with Crippen LogP contribution in [0.4, 0.5) is 0 Å². The Balaban J connectivity index is 0. The molecule has 0 spiro atoms. The number of thiocarbonyl (C=S) groups is 1. The van der Waals surface area contributed by atoms with Crippen molar-refractivity contribution in [2.75, 3.05) is 0 Å². The Labute approximate surface area is 83.0 Å². The van der Waals surface area contributed by atoms with Crippen LogP contribution in [0.25, 0.3) is 0 Å². The Hall–Kier alpha value is 0.759. The molecule has 1 radical (unpaired) electrons. The normalized spacial score (nSPS) is 9.10. The molecule has 0 unspecified atom stereocenters. The van der Waals surface area contributed by atoms with E-state index < -0.39 is 0 Å². The Morgan fingerprint density at radius 3 is 2.00 bits per heavy atom. The molecular formula is C6H13CuNS2. The van der Waals surface area contributed by atoms with Crippen LogP contribution in [-0.4, -0.2) is 9.57 Å². The molecule has 10 heavy (non-hydrogen) atoms. The van der Waals surface area contributed by atoms with Gasteiger partial charge in [0.1, 0.15) is 4.32 Å². The zero-order valence-corrected chi connectivity index (χ0v) is 8.76. The molecule has 65 valence electrons. The maximum Gasteiger partial charge on any atom is 0.131 e. The first-order chi connectivity index (χ1) is 4.20. The largest absolute Gasteiger partial charge is 0.385 e. The third kappa shape index (κ3) is 6.87. The fourth-order valence-corrected chi connectivity index (χ4v) is 1.69. The van der Waals surface area contributed by atoms with Gasteiger partial charge in [0.05, 0.1) is 0 Å². The number of thioether (sulfide) groups is 1. The number of hydrogen-bond donors (Lipinski definition) is 1. The van der Waals surface area contributed by atoms with E-state index in [4.69, 9.17) is 18.0 Å². The molecule has 0 aliphatic heterocycles. The van der Waals surface area contributed by atoms with E-state index in [0.29, 0.717) is 9.57 Å². The summed E-state index contributed by atoms with van der Waals surface area (Å²) in [6.07, 6.45) is 2.30. The maximum atomic E-state index is 5.34. The number of hydrogen-bond acceptors (Lipinski definition) is 2. The third-order valence-corrected chi connectivity index (χ3v) is 2.71. The predicted octanol–water partition coefficient (Wildman–Crippen LogP) is 2.15. The van der Waals surface area contributed by atoms with Crippen LogP contribution in [0.15, 0.2) is 0 Å². The molecule has 0 bridgehead atoms. The second kappa shape index (κ2) is 7.86. The van der Waals surface area contributed by atoms with Crippen molar-refractivity contribution >= 4 is 28.3 Å². The van der Waals surface area contributed by atoms with Crippen LogP contribution < -0.4 is 5.73 Å². The van der Waals surface area contributed by atoms with E-state index in [2.05, 4.69) is 13.8 Å². The summed E-state index contributed by atoms with van der Waals surface area (Å²) in [5.41, 5.74) is 5.34. The average Bonchev–Trinajstić information content (AvgIpc) is 1.82. The van der Waals surface area contributed by atoms with Gasteiger partial charge < -0.3 is 5.73 Å². The molecule has 1 nitrogen and oxygen atoms in total. The van der Waals surface area contributed by atoms with Crippen molar-refractivity contribution in [1.82, 2.24) is 0 Å². The molecule has 0 saturated heterocycles. The van der Waals surface area contributed by atoms with E-state index in [-0.39, 0.29) is 17.1 Å². The van der Waals surface area contributed by atoms with Gasteiger partial charge in [0.15, 0.2) is 0 Å². The van der Waals surface area contributed by atoms with E-state index in [1.165, 1.54) is 0 Å². The van der Waals surface area contributed by atoms with E-state index in [9.17, 15) is 0 Å². The van der Waals surface area contributed by atoms with Gasteiger partial charge in [0.2, 0.25) is 0 Å². The molecule has 0 rings (SSSR count). The molecular weight excluding hydrogens is 214 g/mol. The molecule has 4 heteroatoms. The summed E-state index contributed by atoms with van der Waals surface area (Å²) in [6.45, 7) is 4.30. The van der Waals surface area contributed by atoms with Crippen LogP contribution >= 0.6 is 24.0 Å². The van der Waals surface area contributed by atoms with Gasteiger partial charge in [0.25, 0.3) is 0 Å². The van der Waals surface area contributed by atoms with Crippen molar-refractivity contribution in [3.63, 3.8) is 0 Å². The maximum absolute atomic E-state index is 5.34. The summed E-state index contributed by atoms with van der Waals surface area (Å²) in [6, 6.07) is 0. The van der Waals surface area contributed by atoms with Crippen LogP contribution in [0.1, 0.15) is 26.7 Å². The van der Waals surface area contributed by atoms with Crippen LogP contribution in [0.3, 0.4) is 0 Å². The summed E-state index contributed by atoms with van der Waals surface area (Å²) in [5.74, 6) is 0. The molecule has 0 heterocycles. The Morgan fingerprint density at radius 2 is 1.90 bits per heavy atom. The van der Waals surface area contributed by atoms with E-state index >= 15 is 0 Å². The Morgan fingerprint density at radius 1 is 1.50 bits per heavy atom. The van der Waals surface area contributed by atoms with Gasteiger partial charge in [-0.25, -0.2) is 0 Å². The van der Waals surface area contributed by atoms with Crippen LogP contribution in [-0.2, 0) is 17.1 Å². The van der Waals surface area contributed by atoms with Crippen molar-refractivity contribution in [2.45, 2.75) is 31.9 Å². The zero-order chi connectivity index (χ0) is 7.28. The van der Waals surface area contributed by atoms with Crippen molar-refractivity contribution in [3.05, 3.63) is 0 Å². The summed E-state index contributed by atoms with van der Waals surface area (Å²) < 4.78 is 0.573. The summed E-state index contributed by atoms with van der Waals surface area (Å²) >= 11 is 6.35. The Bertz CT molecular complexity index is 93.7. The van der Waals surface area contributed by atoms with Gasteiger partial charge in [-0.3, -0.25) is 0 Å². The summed E-state index contributed by atoms with van der Waals surface area (Å²) in [7, 11) is 0. The molecule has 0 aromatic heterocycles. The molecule has 0 aliphatic rings. The van der Waals surface area contributed by atoms with Crippen molar-refractivity contribution in [3.8, 4) is 0 Å². The minimum absolute atomic E-state index is 0. The zero-order valence-electron chi connectivity index (χ0n) is 6.19. The molecule has 2 N–H and O–H groups in total. The van der Waals surface area contributed by atoms with Gasteiger partial charge in [-0.1, -0.05) is 37.8 Å². The number of rotatable bonds is 3. The van der Waals surface area contributed by atoms with Crippen molar-refractivity contribution in [1.29, 1.82) is 0 Å². The van der Waals surface area contributed by atoms with Gasteiger partial charge >= 0.3 is 0 Å². The van der Waals surface area contributed by atoms with Crippen molar-refractivity contribution in [2.24, 2.45) is 5.73 Å². The molecule has 0 aromatic carbocycles. The molecule has 0 aliphatic carbocycles. The SMILES string of the molecule is CCC(CC)SC(N)=S.[Cu]. The average molecular weight is 227 g/mol. The van der Waals surface area contributed by atoms with Gasteiger partial charge in [-0.2, -0.15) is 0 Å². The fourth-order valence-electron chi connectivity index (χ4n) is 0.620. The minimum atomic E-state index is 0. The molecule has 0 saturated carbocycles. The second-order valence-electron chi connectivity index (χ2n) is 1.88. The Kier molecular flexibility index (Phi) is 10.5. The standard InChI is InChI=1S/C6H13NS2.Cu/c1-3-5(4-2)9-6(7)8;/h5H,3-4H2,1-2H3,(H2,7,8);. The fraction of sp³-hybridized carbons (Fsp3) is 0.833. The predicted molar refractivity (Wildman–Crippen MR) is 48.7 cm³/mol. The summed E-state index contributed by atoms with van der Waals surface area (Å²) in [5, 5.41) is 0.627. The second-order valence-corrected chi connectivity index (χ2v) is 3.92. The monoisotopic (exact) mass is 226 g/mol. The first-order valence-corrected chi connectivity index (χ1v) is 4.45. The van der Waals surface area contributed by atoms with E-state index in [1.807, 2.05) is 0 Å². The smallest absolute Gasteiger partial charge is 0.131 e. The van der Waals surface area contributed by atoms with Crippen molar-refractivity contribution < 1.29 is 17.1 Å². The topological polar surface area (TPSA) is 26.0 Å². The van der Waals surface area contributed by atoms with Gasteiger partial charge in [-0.05, 0) is 12.8 Å². The third-order valence-electron chi connectivity index (χ3n) is 1.19. The van der Waals surface area contributed by atoms with Crippen LogP contribution in [0.2, 0.25) is 0 Å². The van der Waals surface area contributed by atoms with Gasteiger partial charge in [-0.15, -0.1) is 0 Å². The van der Waals surface area contributed by atoms with Crippen LogP contribution in [0, 0.1) is 0 Å². The number of nitrogens with two attached hydrogens (primary N) is 1. The first-order valence-electron chi connectivity index (χ1n) is 3.16. The quantitative estimate of drug-likeness (QED) is 0.590. The molecule has 0 amide bonds. The molecule has 0 aromatic rings. The van der Waals surface area contributed by atoms with Crippen LogP contribution in [0.5, 0.6) is 0 Å². The van der Waals surface area contributed by atoms with Gasteiger partial charge in [0, 0.05) is 22.3 Å². The van der Waals surface area contributed by atoms with E-state index in [1.54, 1.807) is 11.8 Å². The molecule has 0 atom stereocenters. The molecule has 0 fully saturated rings. The minimum Gasteiger partial charge on any atom is -0.385 e. The first kappa shape index (κ1) is 13.4. The van der Waals surface area contributed by atoms with E-state index in [0.717, 1.165) is 12.8 Å². The summed E-state index contributed by atoms with van der Waals surface area (Å²) in [4.78, 5) is 0.